The molecule has 100 valence electrons. The molecule has 0 unspecified atom stereocenters. The van der Waals surface area contributed by atoms with E-state index in [2.05, 4.69) is 4.72 Å². The highest BCUT2D eigenvalue weighted by Gasteiger charge is 2.31. The maximum absolute atomic E-state index is 11.8. The summed E-state index contributed by atoms with van der Waals surface area (Å²) in [6.45, 7) is 0.881. The first-order valence-electron chi connectivity index (χ1n) is 5.44. The molecule has 0 saturated carbocycles. The Kier molecular flexibility index (Phi) is 5.31. The third-order valence-corrected chi connectivity index (χ3v) is 4.24. The minimum atomic E-state index is -3.58. The zero-order chi connectivity index (χ0) is 12.9. The molecule has 8 heteroatoms. The van der Waals surface area contributed by atoms with E-state index in [1.807, 2.05) is 0 Å². The van der Waals surface area contributed by atoms with Crippen LogP contribution < -0.4 is 4.72 Å². The van der Waals surface area contributed by atoms with Gasteiger partial charge in [0.15, 0.2) is 0 Å². The summed E-state index contributed by atoms with van der Waals surface area (Å²) in [4.78, 5) is 10.8. The molecule has 1 saturated heterocycles. The maximum Gasteiger partial charge on any atom is 0.307 e. The summed E-state index contributed by atoms with van der Waals surface area (Å²) in [6, 6.07) is 0. The number of carboxylic acid groups (broad SMARTS) is 1. The number of carbonyl (C=O) groups is 1. The van der Waals surface area contributed by atoms with Crippen molar-refractivity contribution in [3.05, 3.63) is 0 Å². The third kappa shape index (κ3) is 4.23. The van der Waals surface area contributed by atoms with Gasteiger partial charge in [0.1, 0.15) is 0 Å². The molecule has 0 aromatic carbocycles. The number of nitrogens with zero attached hydrogens (tertiary/aromatic N) is 1. The van der Waals surface area contributed by atoms with Gasteiger partial charge in [0.2, 0.25) is 0 Å². The van der Waals surface area contributed by atoms with Crippen molar-refractivity contribution in [1.82, 2.24) is 9.03 Å². The highest BCUT2D eigenvalue weighted by molar-refractivity contribution is 7.87. The van der Waals surface area contributed by atoms with Crippen molar-refractivity contribution in [2.24, 2.45) is 5.92 Å². The Bertz CT molecular complexity index is 356. The minimum absolute atomic E-state index is 0.0393. The van der Waals surface area contributed by atoms with E-state index < -0.39 is 22.1 Å². The highest BCUT2D eigenvalue weighted by Crippen LogP contribution is 2.18. The number of aliphatic carboxylic acids is 1. The largest absolute Gasteiger partial charge is 0.481 e. The highest BCUT2D eigenvalue weighted by atomic mass is 32.2. The first kappa shape index (κ1) is 14.4. The van der Waals surface area contributed by atoms with Crippen LogP contribution in [0.4, 0.5) is 0 Å². The van der Waals surface area contributed by atoms with Gasteiger partial charge in [-0.05, 0) is 12.8 Å². The Morgan fingerprint density at radius 2 is 2.29 bits per heavy atom. The quantitative estimate of drug-likeness (QED) is 0.618. The summed E-state index contributed by atoms with van der Waals surface area (Å²) >= 11 is 0. The smallest absolute Gasteiger partial charge is 0.307 e. The van der Waals surface area contributed by atoms with Gasteiger partial charge in [-0.25, -0.2) is 0 Å². The van der Waals surface area contributed by atoms with Gasteiger partial charge in [-0.2, -0.15) is 17.4 Å². The summed E-state index contributed by atoms with van der Waals surface area (Å²) in [5.74, 6) is -1.55. The second-order valence-electron chi connectivity index (χ2n) is 3.93. The minimum Gasteiger partial charge on any atom is -0.481 e. The zero-order valence-electron chi connectivity index (χ0n) is 9.76. The van der Waals surface area contributed by atoms with Crippen LogP contribution >= 0.6 is 0 Å². The van der Waals surface area contributed by atoms with Crippen molar-refractivity contribution in [2.45, 2.75) is 12.8 Å². The Morgan fingerprint density at radius 1 is 1.59 bits per heavy atom. The molecule has 0 bridgehead atoms. The normalized spacial score (nSPS) is 22.5. The van der Waals surface area contributed by atoms with E-state index in [1.165, 1.54) is 11.4 Å². The van der Waals surface area contributed by atoms with Crippen molar-refractivity contribution in [3.63, 3.8) is 0 Å². The van der Waals surface area contributed by atoms with Gasteiger partial charge in [-0.15, -0.1) is 0 Å². The van der Waals surface area contributed by atoms with E-state index in [-0.39, 0.29) is 19.7 Å². The van der Waals surface area contributed by atoms with E-state index in [9.17, 15) is 13.2 Å². The Morgan fingerprint density at radius 3 is 2.88 bits per heavy atom. The van der Waals surface area contributed by atoms with Gasteiger partial charge in [-0.1, -0.05) is 0 Å². The molecule has 1 fully saturated rings. The van der Waals surface area contributed by atoms with Gasteiger partial charge in [0.25, 0.3) is 10.2 Å². The van der Waals surface area contributed by atoms with Crippen LogP contribution in [0.2, 0.25) is 0 Å². The van der Waals surface area contributed by atoms with Crippen LogP contribution in [-0.4, -0.2) is 57.1 Å². The lowest BCUT2D eigenvalue weighted by atomic mass is 10.0. The molecule has 0 radical (unpaired) electrons. The van der Waals surface area contributed by atoms with Crippen LogP contribution in [0.3, 0.4) is 0 Å². The predicted octanol–water partition coefficient (Wildman–Crippen LogP) is -0.736. The van der Waals surface area contributed by atoms with Crippen LogP contribution in [0.5, 0.6) is 0 Å². The molecule has 0 aromatic rings. The van der Waals surface area contributed by atoms with Gasteiger partial charge in [0.05, 0.1) is 12.5 Å². The molecule has 0 spiro atoms. The number of piperidine rings is 1. The molecule has 0 aromatic heterocycles. The van der Waals surface area contributed by atoms with Gasteiger partial charge < -0.3 is 9.84 Å². The van der Waals surface area contributed by atoms with Gasteiger partial charge >= 0.3 is 5.97 Å². The summed E-state index contributed by atoms with van der Waals surface area (Å²) in [6.07, 6.45) is 1.10. The fraction of sp³-hybridized carbons (Fsp3) is 0.889. The molecule has 1 aliphatic rings. The molecule has 0 aliphatic carbocycles. The number of ether oxygens (including phenoxy) is 1. The monoisotopic (exact) mass is 266 g/mol. The van der Waals surface area contributed by atoms with Gasteiger partial charge in [0, 0.05) is 26.7 Å². The summed E-state index contributed by atoms with van der Waals surface area (Å²) in [7, 11) is -2.10. The molecule has 2 N–H and O–H groups in total. The van der Waals surface area contributed by atoms with E-state index in [0.717, 1.165) is 0 Å². The lowest BCUT2D eigenvalue weighted by Gasteiger charge is -2.29. The van der Waals surface area contributed by atoms with Crippen molar-refractivity contribution in [2.75, 3.05) is 33.4 Å². The van der Waals surface area contributed by atoms with Crippen LogP contribution in [0, 0.1) is 5.92 Å². The lowest BCUT2D eigenvalue weighted by Crippen LogP contribution is -2.48. The average molecular weight is 266 g/mol. The molecule has 17 heavy (non-hydrogen) atoms. The maximum atomic E-state index is 11.8. The van der Waals surface area contributed by atoms with Crippen molar-refractivity contribution in [1.29, 1.82) is 0 Å². The van der Waals surface area contributed by atoms with Crippen LogP contribution in [0.25, 0.3) is 0 Å². The Hall–Kier alpha value is -0.700. The average Bonchev–Trinajstić information content (AvgIpc) is 2.29. The molecular formula is C9H18N2O5S. The van der Waals surface area contributed by atoms with Crippen LogP contribution in [-0.2, 0) is 19.7 Å². The molecular weight excluding hydrogens is 248 g/mol. The standard InChI is InChI=1S/C9H18N2O5S/c1-16-6-4-10-17(14,15)11-5-2-3-8(7-11)9(12)13/h8,10H,2-7H2,1H3,(H,12,13)/t8-/m1/s1. The van der Waals surface area contributed by atoms with E-state index in [1.54, 1.807) is 0 Å². The number of hydrogen-bond acceptors (Lipinski definition) is 4. The second kappa shape index (κ2) is 6.29. The van der Waals surface area contributed by atoms with Crippen molar-refractivity contribution < 1.29 is 23.1 Å². The van der Waals surface area contributed by atoms with Crippen LogP contribution in [0.15, 0.2) is 0 Å². The third-order valence-electron chi connectivity index (χ3n) is 2.66. The Balaban J connectivity index is 2.55. The number of hydrogen-bond donors (Lipinski definition) is 2. The topological polar surface area (TPSA) is 95.9 Å². The van der Waals surface area contributed by atoms with Crippen molar-refractivity contribution >= 4 is 16.2 Å². The summed E-state index contributed by atoms with van der Waals surface area (Å²) in [5, 5.41) is 8.87. The first-order chi connectivity index (χ1) is 7.97. The fourth-order valence-electron chi connectivity index (χ4n) is 1.73. The molecule has 0 amide bonds. The summed E-state index contributed by atoms with van der Waals surface area (Å²) in [5.41, 5.74) is 0. The number of methoxy groups -OCH3 is 1. The van der Waals surface area contributed by atoms with Gasteiger partial charge in [-0.3, -0.25) is 4.79 Å². The second-order valence-corrected chi connectivity index (χ2v) is 5.68. The van der Waals surface area contributed by atoms with E-state index in [0.29, 0.717) is 19.4 Å². The number of rotatable bonds is 6. The predicted molar refractivity (Wildman–Crippen MR) is 60.7 cm³/mol. The molecule has 7 nitrogen and oxygen atoms in total. The Labute approximate surface area is 101 Å². The lowest BCUT2D eigenvalue weighted by molar-refractivity contribution is -0.142. The van der Waals surface area contributed by atoms with Crippen molar-refractivity contribution in [3.8, 4) is 0 Å². The summed E-state index contributed by atoms with van der Waals surface area (Å²) < 4.78 is 31.9. The fourth-order valence-corrected chi connectivity index (χ4v) is 3.00. The molecule has 1 heterocycles. The van der Waals surface area contributed by atoms with E-state index >= 15 is 0 Å². The molecule has 1 rings (SSSR count). The number of carboxylic acids is 1. The molecule has 1 atom stereocenters. The first-order valence-corrected chi connectivity index (χ1v) is 6.88. The van der Waals surface area contributed by atoms with Crippen LogP contribution in [0.1, 0.15) is 12.8 Å². The SMILES string of the molecule is COCCNS(=O)(=O)N1CCC[C@@H](C(=O)O)C1. The molecule has 1 aliphatic heterocycles. The van der Waals surface area contributed by atoms with E-state index in [4.69, 9.17) is 9.84 Å². The number of nitrogens with one attached hydrogen (secondary N) is 1. The zero-order valence-corrected chi connectivity index (χ0v) is 10.6.